The second-order valence-electron chi connectivity index (χ2n) is 7.62. The number of anilines is 1. The summed E-state index contributed by atoms with van der Waals surface area (Å²) < 4.78 is 2.06. The van der Waals surface area contributed by atoms with Crippen molar-refractivity contribution in [2.75, 3.05) is 5.32 Å². The zero-order chi connectivity index (χ0) is 19.8. The van der Waals surface area contributed by atoms with Gasteiger partial charge in [-0.2, -0.15) is 0 Å². The smallest absolute Gasteiger partial charge is 0.137 e. The number of hydrogen-bond donors (Lipinski definition) is 2. The molecule has 0 aliphatic heterocycles. The van der Waals surface area contributed by atoms with E-state index in [0.717, 1.165) is 41.0 Å². The Labute approximate surface area is 169 Å². The van der Waals surface area contributed by atoms with Gasteiger partial charge in [0.25, 0.3) is 0 Å². The SMILES string of the molecule is C=C(c1c[nH]c2c1=CCCC=2)C(Nc1cccc(C)c1)c1cn2ccccc2n1. The average molecular weight is 380 g/mol. The molecule has 0 saturated carbocycles. The molecular formula is C25H24N4. The van der Waals surface area contributed by atoms with Crippen LogP contribution >= 0.6 is 0 Å². The number of aromatic nitrogens is 3. The summed E-state index contributed by atoms with van der Waals surface area (Å²) in [6.07, 6.45) is 12.9. The number of nitrogens with zero attached hydrogens (tertiary/aromatic N) is 2. The fourth-order valence-corrected chi connectivity index (χ4v) is 4.05. The molecule has 0 radical (unpaired) electrons. The van der Waals surface area contributed by atoms with Crippen LogP contribution in [0.5, 0.6) is 0 Å². The van der Waals surface area contributed by atoms with E-state index in [2.05, 4.69) is 77.0 Å². The highest BCUT2D eigenvalue weighted by atomic mass is 15.0. The quantitative estimate of drug-likeness (QED) is 0.545. The van der Waals surface area contributed by atoms with Crippen molar-refractivity contribution in [3.05, 3.63) is 95.0 Å². The van der Waals surface area contributed by atoms with Crippen LogP contribution in [0.25, 0.3) is 23.4 Å². The molecule has 4 nitrogen and oxygen atoms in total. The van der Waals surface area contributed by atoms with Crippen LogP contribution < -0.4 is 15.9 Å². The van der Waals surface area contributed by atoms with Gasteiger partial charge in [0, 0.05) is 40.4 Å². The van der Waals surface area contributed by atoms with Gasteiger partial charge in [-0.1, -0.05) is 36.9 Å². The summed E-state index contributed by atoms with van der Waals surface area (Å²) in [6.45, 7) is 6.61. The first-order valence-electron chi connectivity index (χ1n) is 10.0. The van der Waals surface area contributed by atoms with Crippen molar-refractivity contribution in [3.8, 4) is 0 Å². The molecule has 0 bridgehead atoms. The molecule has 144 valence electrons. The summed E-state index contributed by atoms with van der Waals surface area (Å²) in [4.78, 5) is 8.30. The lowest BCUT2D eigenvalue weighted by molar-refractivity contribution is 0.959. The molecule has 0 saturated heterocycles. The molecule has 4 heteroatoms. The Morgan fingerprint density at radius 1 is 1.17 bits per heavy atom. The highest BCUT2D eigenvalue weighted by Crippen LogP contribution is 2.30. The van der Waals surface area contributed by atoms with E-state index in [1.807, 2.05) is 24.4 Å². The maximum atomic E-state index is 4.89. The van der Waals surface area contributed by atoms with Gasteiger partial charge in [-0.25, -0.2) is 4.98 Å². The summed E-state index contributed by atoms with van der Waals surface area (Å²) in [7, 11) is 0. The molecule has 3 aromatic heterocycles. The zero-order valence-corrected chi connectivity index (χ0v) is 16.5. The Kier molecular flexibility index (Phi) is 4.32. The maximum Gasteiger partial charge on any atom is 0.137 e. The van der Waals surface area contributed by atoms with Gasteiger partial charge in [-0.15, -0.1) is 0 Å². The number of hydrogen-bond acceptors (Lipinski definition) is 2. The number of rotatable bonds is 5. The van der Waals surface area contributed by atoms with E-state index in [0.29, 0.717) is 0 Å². The van der Waals surface area contributed by atoms with E-state index in [-0.39, 0.29) is 6.04 Å². The Morgan fingerprint density at radius 2 is 2.07 bits per heavy atom. The minimum Gasteiger partial charge on any atom is -0.373 e. The molecular weight excluding hydrogens is 356 g/mol. The van der Waals surface area contributed by atoms with Crippen molar-refractivity contribution in [2.45, 2.75) is 25.8 Å². The number of nitrogens with one attached hydrogen (secondary N) is 2. The van der Waals surface area contributed by atoms with E-state index in [4.69, 9.17) is 4.98 Å². The van der Waals surface area contributed by atoms with Crippen molar-refractivity contribution < 1.29 is 0 Å². The third-order valence-corrected chi connectivity index (χ3v) is 5.52. The summed E-state index contributed by atoms with van der Waals surface area (Å²) in [5.41, 5.74) is 6.33. The molecule has 1 aliphatic rings. The first kappa shape index (κ1) is 17.6. The van der Waals surface area contributed by atoms with Gasteiger partial charge in [-0.3, -0.25) is 0 Å². The molecule has 1 atom stereocenters. The molecule has 0 amide bonds. The monoisotopic (exact) mass is 380 g/mol. The lowest BCUT2D eigenvalue weighted by Crippen LogP contribution is -2.28. The van der Waals surface area contributed by atoms with E-state index in [1.165, 1.54) is 16.1 Å². The standard InChI is InChI=1S/C25H24N4/c1-17-8-7-9-19(14-17)27-25(23-16-29-13-6-5-12-24(29)28-23)18(2)21-15-26-22-11-4-3-10-20(21)22/h5-16,25-27H,2-4H2,1H3. The minimum absolute atomic E-state index is 0.132. The number of fused-ring (bicyclic) bond motifs is 2. The van der Waals surface area contributed by atoms with Crippen LogP contribution in [0.1, 0.15) is 35.7 Å². The average Bonchev–Trinajstić information content (AvgIpc) is 3.35. The Hall–Kier alpha value is -3.53. The van der Waals surface area contributed by atoms with Crippen LogP contribution in [0.2, 0.25) is 0 Å². The van der Waals surface area contributed by atoms with Crippen LogP contribution in [0.15, 0.2) is 67.6 Å². The summed E-state index contributed by atoms with van der Waals surface area (Å²) in [5.74, 6) is 0. The maximum absolute atomic E-state index is 4.89. The molecule has 4 aromatic rings. The van der Waals surface area contributed by atoms with Gasteiger partial charge < -0.3 is 14.7 Å². The van der Waals surface area contributed by atoms with Gasteiger partial charge in [0.15, 0.2) is 0 Å². The lowest BCUT2D eigenvalue weighted by Gasteiger charge is -2.21. The summed E-state index contributed by atoms with van der Waals surface area (Å²) in [5, 5.41) is 6.12. The number of benzene rings is 1. The Morgan fingerprint density at radius 3 is 2.93 bits per heavy atom. The fourth-order valence-electron chi connectivity index (χ4n) is 4.05. The predicted octanol–water partition coefficient (Wildman–Crippen LogP) is 4.19. The van der Waals surface area contributed by atoms with Crippen LogP contribution in [0.4, 0.5) is 5.69 Å². The zero-order valence-electron chi connectivity index (χ0n) is 16.5. The Balaban J connectivity index is 1.61. The lowest BCUT2D eigenvalue weighted by atomic mass is 9.97. The van der Waals surface area contributed by atoms with Gasteiger partial charge in [0.1, 0.15) is 5.65 Å². The predicted molar refractivity (Wildman–Crippen MR) is 120 cm³/mol. The molecule has 0 fully saturated rings. The number of H-pyrrole nitrogens is 1. The first-order chi connectivity index (χ1) is 14.2. The van der Waals surface area contributed by atoms with Crippen molar-refractivity contribution >= 4 is 29.1 Å². The fraction of sp³-hybridized carbons (Fsp3) is 0.160. The number of aryl methyl sites for hydroxylation is 1. The van der Waals surface area contributed by atoms with Crippen LogP contribution in [0.3, 0.4) is 0 Å². The van der Waals surface area contributed by atoms with Crippen molar-refractivity contribution in [3.63, 3.8) is 0 Å². The largest absolute Gasteiger partial charge is 0.373 e. The normalized spacial score (nSPS) is 14.0. The van der Waals surface area contributed by atoms with Crippen molar-refractivity contribution in [2.24, 2.45) is 0 Å². The third kappa shape index (κ3) is 3.27. The highest BCUT2D eigenvalue weighted by Gasteiger charge is 2.22. The van der Waals surface area contributed by atoms with E-state index < -0.39 is 0 Å². The van der Waals surface area contributed by atoms with E-state index >= 15 is 0 Å². The molecule has 3 heterocycles. The van der Waals surface area contributed by atoms with Crippen LogP contribution in [-0.4, -0.2) is 14.4 Å². The van der Waals surface area contributed by atoms with Gasteiger partial charge in [0.05, 0.1) is 11.7 Å². The second-order valence-corrected chi connectivity index (χ2v) is 7.62. The van der Waals surface area contributed by atoms with Gasteiger partial charge in [-0.05, 0) is 55.2 Å². The van der Waals surface area contributed by atoms with Gasteiger partial charge in [0.2, 0.25) is 0 Å². The van der Waals surface area contributed by atoms with Crippen LogP contribution in [-0.2, 0) is 0 Å². The summed E-state index contributed by atoms with van der Waals surface area (Å²) in [6, 6.07) is 14.3. The van der Waals surface area contributed by atoms with Crippen molar-refractivity contribution in [1.29, 1.82) is 0 Å². The molecule has 29 heavy (non-hydrogen) atoms. The minimum atomic E-state index is -0.132. The van der Waals surface area contributed by atoms with Crippen LogP contribution in [0, 0.1) is 6.92 Å². The molecule has 1 aliphatic carbocycles. The molecule has 2 N–H and O–H groups in total. The molecule has 1 unspecified atom stereocenters. The molecule has 1 aromatic carbocycles. The molecule has 0 spiro atoms. The first-order valence-corrected chi connectivity index (χ1v) is 10.0. The summed E-state index contributed by atoms with van der Waals surface area (Å²) >= 11 is 0. The third-order valence-electron chi connectivity index (χ3n) is 5.52. The van der Waals surface area contributed by atoms with Gasteiger partial charge >= 0.3 is 0 Å². The highest BCUT2D eigenvalue weighted by molar-refractivity contribution is 5.73. The second kappa shape index (κ2) is 7.13. The number of pyridine rings is 1. The number of aromatic amines is 1. The van der Waals surface area contributed by atoms with E-state index in [1.54, 1.807) is 0 Å². The van der Waals surface area contributed by atoms with E-state index in [9.17, 15) is 0 Å². The Bertz CT molecular complexity index is 1290. The topological polar surface area (TPSA) is 45.1 Å². The van der Waals surface area contributed by atoms with Crippen molar-refractivity contribution in [1.82, 2.24) is 14.4 Å². The molecule has 5 rings (SSSR count). The number of imidazole rings is 1.